The van der Waals surface area contributed by atoms with Crippen molar-refractivity contribution in [3.05, 3.63) is 70.7 Å². The van der Waals surface area contributed by atoms with E-state index in [0.717, 1.165) is 34.4 Å². The second kappa shape index (κ2) is 6.65. The average molecular weight is 355 g/mol. The summed E-state index contributed by atoms with van der Waals surface area (Å²) in [5, 5.41) is 9.96. The van der Waals surface area contributed by atoms with Gasteiger partial charge in [0.05, 0.1) is 0 Å². The molecule has 0 amide bonds. The highest BCUT2D eigenvalue weighted by Crippen LogP contribution is 2.35. The van der Waals surface area contributed by atoms with E-state index in [1.165, 1.54) is 17.3 Å². The Balaban J connectivity index is 1.75. The molecule has 2 aromatic carbocycles. The molecule has 0 spiro atoms. The Bertz CT molecular complexity index is 946. The van der Waals surface area contributed by atoms with E-state index in [0.29, 0.717) is 12.1 Å². The number of aliphatic hydroxyl groups excluding tert-OH is 1. The van der Waals surface area contributed by atoms with E-state index < -0.39 is 6.61 Å². The number of ketones is 1. The molecule has 0 saturated carbocycles. The highest BCUT2D eigenvalue weighted by Gasteiger charge is 2.20. The number of rotatable bonds is 4. The maximum Gasteiger partial charge on any atom is 0.188 e. The number of fused-ring (bicyclic) bond motifs is 3. The van der Waals surface area contributed by atoms with E-state index in [1.54, 1.807) is 18.2 Å². The maximum atomic E-state index is 13.7. The number of aliphatic hydroxyl groups is 1. The van der Waals surface area contributed by atoms with Crippen LogP contribution in [-0.4, -0.2) is 27.8 Å². The van der Waals surface area contributed by atoms with Gasteiger partial charge in [-0.25, -0.2) is 4.39 Å². The normalized spacial score (nSPS) is 13.8. The van der Waals surface area contributed by atoms with Crippen LogP contribution in [0.3, 0.4) is 0 Å². The molecule has 2 heterocycles. The molecule has 0 unspecified atom stereocenters. The molecule has 4 rings (SSSR count). The summed E-state index contributed by atoms with van der Waals surface area (Å²) >= 11 is 1.89. The van der Waals surface area contributed by atoms with Gasteiger partial charge in [-0.15, -0.1) is 0 Å². The molecule has 5 heteroatoms. The number of nitrogens with zero attached hydrogens (tertiary/aromatic N) is 1. The second-order valence-electron chi connectivity index (χ2n) is 6.25. The van der Waals surface area contributed by atoms with Gasteiger partial charge in [-0.1, -0.05) is 24.3 Å². The fraction of sp³-hybridized carbons (Fsp3) is 0.250. The standard InChI is InChI=1S/C20H18FNO2S/c21-15-5-6-18-16(9-15)17-12-25-8-7-19(17)22(18)10-13-1-3-14(4-2-13)20(24)11-23/h1-6,9,23H,7-8,10-12H2. The number of benzene rings is 2. The SMILES string of the molecule is O=C(CO)c1ccc(Cn2c3c(c4cc(F)ccc42)CSCC3)cc1. The van der Waals surface area contributed by atoms with Gasteiger partial charge in [0.1, 0.15) is 12.4 Å². The van der Waals surface area contributed by atoms with Crippen LogP contribution < -0.4 is 0 Å². The summed E-state index contributed by atoms with van der Waals surface area (Å²) in [6.45, 7) is 0.216. The van der Waals surface area contributed by atoms with Gasteiger partial charge in [0.2, 0.25) is 0 Å². The third-order valence-corrected chi connectivity index (χ3v) is 5.72. The maximum absolute atomic E-state index is 13.7. The van der Waals surface area contributed by atoms with E-state index in [1.807, 2.05) is 30.0 Å². The van der Waals surface area contributed by atoms with E-state index in [-0.39, 0.29) is 11.6 Å². The van der Waals surface area contributed by atoms with Gasteiger partial charge in [0, 0.05) is 34.5 Å². The Morgan fingerprint density at radius 2 is 2.00 bits per heavy atom. The minimum absolute atomic E-state index is 0.199. The highest BCUT2D eigenvalue weighted by molar-refractivity contribution is 7.98. The Morgan fingerprint density at radius 1 is 1.20 bits per heavy atom. The number of hydrogen-bond donors (Lipinski definition) is 1. The van der Waals surface area contributed by atoms with Crippen molar-refractivity contribution in [1.29, 1.82) is 0 Å². The summed E-state index contributed by atoms with van der Waals surface area (Å²) in [7, 11) is 0. The molecule has 25 heavy (non-hydrogen) atoms. The van der Waals surface area contributed by atoms with Gasteiger partial charge >= 0.3 is 0 Å². The van der Waals surface area contributed by atoms with Crippen molar-refractivity contribution in [2.75, 3.05) is 12.4 Å². The van der Waals surface area contributed by atoms with Crippen molar-refractivity contribution < 1.29 is 14.3 Å². The van der Waals surface area contributed by atoms with Gasteiger partial charge in [-0.05, 0) is 41.5 Å². The molecule has 128 valence electrons. The summed E-state index contributed by atoms with van der Waals surface area (Å²) in [4.78, 5) is 11.5. The fourth-order valence-corrected chi connectivity index (χ4v) is 4.50. The number of halogens is 1. The minimum atomic E-state index is -0.474. The quantitative estimate of drug-likeness (QED) is 0.724. The monoisotopic (exact) mass is 355 g/mol. The van der Waals surface area contributed by atoms with E-state index in [9.17, 15) is 9.18 Å². The molecule has 1 aliphatic rings. The Kier molecular flexibility index (Phi) is 4.36. The second-order valence-corrected chi connectivity index (χ2v) is 7.36. The summed E-state index contributed by atoms with van der Waals surface area (Å²) in [6.07, 6.45) is 0.984. The van der Waals surface area contributed by atoms with Crippen molar-refractivity contribution in [3.8, 4) is 0 Å². The van der Waals surface area contributed by atoms with Crippen LogP contribution in [0.5, 0.6) is 0 Å². The fourth-order valence-electron chi connectivity index (χ4n) is 3.49. The lowest BCUT2D eigenvalue weighted by Gasteiger charge is -2.16. The minimum Gasteiger partial charge on any atom is -0.388 e. The first-order valence-electron chi connectivity index (χ1n) is 8.27. The topological polar surface area (TPSA) is 42.2 Å². The first-order chi connectivity index (χ1) is 12.2. The first-order valence-corrected chi connectivity index (χ1v) is 9.43. The van der Waals surface area contributed by atoms with Crippen LogP contribution in [0.15, 0.2) is 42.5 Å². The molecule has 1 aromatic heterocycles. The summed E-state index contributed by atoms with van der Waals surface area (Å²) in [6, 6.07) is 12.4. The number of Topliss-reactive ketones (excluding diaryl/α,β-unsaturated/α-hetero) is 1. The Labute approximate surface area is 149 Å². The number of aromatic nitrogens is 1. The van der Waals surface area contributed by atoms with E-state index in [4.69, 9.17) is 5.11 Å². The third kappa shape index (κ3) is 2.98. The number of hydrogen-bond acceptors (Lipinski definition) is 3. The zero-order chi connectivity index (χ0) is 17.4. The van der Waals surface area contributed by atoms with Crippen LogP contribution in [0, 0.1) is 5.82 Å². The van der Waals surface area contributed by atoms with Gasteiger partial charge in [0.15, 0.2) is 5.78 Å². The van der Waals surface area contributed by atoms with Crippen LogP contribution >= 0.6 is 11.8 Å². The number of carbonyl (C=O) groups excluding carboxylic acids is 1. The average Bonchev–Trinajstić information content (AvgIpc) is 2.95. The van der Waals surface area contributed by atoms with Crippen molar-refractivity contribution in [2.24, 2.45) is 0 Å². The molecule has 0 atom stereocenters. The van der Waals surface area contributed by atoms with Gasteiger partial charge in [-0.2, -0.15) is 11.8 Å². The Hall–Kier alpha value is -2.11. The van der Waals surface area contributed by atoms with Gasteiger partial charge < -0.3 is 9.67 Å². The van der Waals surface area contributed by atoms with E-state index >= 15 is 0 Å². The molecule has 3 nitrogen and oxygen atoms in total. The number of thioether (sulfide) groups is 1. The van der Waals surface area contributed by atoms with Gasteiger partial charge in [-0.3, -0.25) is 4.79 Å². The lowest BCUT2D eigenvalue weighted by Crippen LogP contribution is -2.10. The molecule has 0 saturated heterocycles. The van der Waals surface area contributed by atoms with Crippen LogP contribution in [-0.2, 0) is 18.7 Å². The molecule has 3 aromatic rings. The van der Waals surface area contributed by atoms with Crippen LogP contribution in [0.4, 0.5) is 4.39 Å². The lowest BCUT2D eigenvalue weighted by molar-refractivity contribution is 0.0903. The zero-order valence-electron chi connectivity index (χ0n) is 13.7. The van der Waals surface area contributed by atoms with Crippen molar-refractivity contribution >= 4 is 28.4 Å². The first kappa shape index (κ1) is 16.4. The lowest BCUT2D eigenvalue weighted by atomic mass is 10.1. The molecule has 0 bridgehead atoms. The predicted molar refractivity (Wildman–Crippen MR) is 98.7 cm³/mol. The predicted octanol–water partition coefficient (Wildman–Crippen LogP) is 3.79. The smallest absolute Gasteiger partial charge is 0.188 e. The highest BCUT2D eigenvalue weighted by atomic mass is 32.2. The van der Waals surface area contributed by atoms with Crippen molar-refractivity contribution in [1.82, 2.24) is 4.57 Å². The molecule has 1 aliphatic heterocycles. The molecular formula is C20H18FNO2S. The molecular weight excluding hydrogens is 337 g/mol. The largest absolute Gasteiger partial charge is 0.388 e. The Morgan fingerprint density at radius 3 is 2.76 bits per heavy atom. The van der Waals surface area contributed by atoms with Crippen LogP contribution in [0.2, 0.25) is 0 Å². The molecule has 0 fully saturated rings. The zero-order valence-corrected chi connectivity index (χ0v) is 14.5. The number of carbonyl (C=O) groups is 1. The summed E-state index contributed by atoms with van der Waals surface area (Å²) in [5.74, 6) is 1.53. The summed E-state index contributed by atoms with van der Waals surface area (Å²) in [5.41, 5.74) is 5.19. The third-order valence-electron chi connectivity index (χ3n) is 4.74. The van der Waals surface area contributed by atoms with Crippen molar-refractivity contribution in [2.45, 2.75) is 18.7 Å². The van der Waals surface area contributed by atoms with Crippen LogP contribution in [0.25, 0.3) is 10.9 Å². The summed E-state index contributed by atoms with van der Waals surface area (Å²) < 4.78 is 16.0. The molecule has 1 N–H and O–H groups in total. The van der Waals surface area contributed by atoms with Crippen LogP contribution in [0.1, 0.15) is 27.2 Å². The molecule has 0 aliphatic carbocycles. The van der Waals surface area contributed by atoms with Crippen molar-refractivity contribution in [3.63, 3.8) is 0 Å². The van der Waals surface area contributed by atoms with Gasteiger partial charge in [0.25, 0.3) is 0 Å². The van der Waals surface area contributed by atoms with E-state index in [2.05, 4.69) is 4.57 Å². The molecule has 0 radical (unpaired) electrons.